The van der Waals surface area contributed by atoms with Gasteiger partial charge < -0.3 is 20.3 Å². The van der Waals surface area contributed by atoms with Gasteiger partial charge in [0.1, 0.15) is 5.82 Å². The highest BCUT2D eigenvalue weighted by Gasteiger charge is 2.25. The van der Waals surface area contributed by atoms with Crippen LogP contribution >= 0.6 is 0 Å². The first-order valence-electron chi connectivity index (χ1n) is 11.7. The molecule has 4 aromatic rings. The number of carbonyl (C=O) groups is 2. The second kappa shape index (κ2) is 9.98. The Morgan fingerprint density at radius 2 is 1.83 bits per heavy atom. The molecule has 4 heterocycles. The third-order valence-electron chi connectivity index (χ3n) is 6.03. The van der Waals surface area contributed by atoms with E-state index < -0.39 is 5.91 Å². The van der Waals surface area contributed by atoms with Crippen LogP contribution in [0.3, 0.4) is 0 Å². The molecule has 0 radical (unpaired) electrons. The fourth-order valence-electron chi connectivity index (χ4n) is 4.34. The Morgan fingerprint density at radius 3 is 2.64 bits per heavy atom. The van der Waals surface area contributed by atoms with Gasteiger partial charge in [0.25, 0.3) is 11.8 Å². The number of fused-ring (bicyclic) bond motifs is 1. The summed E-state index contributed by atoms with van der Waals surface area (Å²) in [6.45, 7) is 4.28. The second-order valence-electron chi connectivity index (χ2n) is 8.58. The van der Waals surface area contributed by atoms with Gasteiger partial charge >= 0.3 is 0 Å². The molecule has 2 N–H and O–H groups in total. The molecule has 0 spiro atoms. The maximum absolute atomic E-state index is 13.6. The number of carbonyl (C=O) groups excluding carboxylic acids is 2. The maximum atomic E-state index is 13.6. The Labute approximate surface area is 207 Å². The SMILES string of the molecule is Cc1ccc(-n2nccn2)c(C(=O)N2CCCN(c3nccc4nc(OCC(N)=O)ccc34)CC2)c1. The summed E-state index contributed by atoms with van der Waals surface area (Å²) in [5.41, 5.74) is 8.10. The van der Waals surface area contributed by atoms with E-state index in [1.54, 1.807) is 30.7 Å². The van der Waals surface area contributed by atoms with Crippen molar-refractivity contribution in [2.75, 3.05) is 37.7 Å². The monoisotopic (exact) mass is 486 g/mol. The first-order valence-corrected chi connectivity index (χ1v) is 11.7. The molecule has 1 fully saturated rings. The van der Waals surface area contributed by atoms with Crippen molar-refractivity contribution in [1.82, 2.24) is 29.9 Å². The minimum atomic E-state index is -0.561. The number of aromatic nitrogens is 5. The highest BCUT2D eigenvalue weighted by molar-refractivity contribution is 5.98. The number of amides is 2. The molecular weight excluding hydrogens is 460 g/mol. The van der Waals surface area contributed by atoms with Gasteiger partial charge in [0, 0.05) is 43.8 Å². The van der Waals surface area contributed by atoms with E-state index in [0.29, 0.717) is 42.3 Å². The molecule has 0 aliphatic carbocycles. The number of nitrogens with zero attached hydrogens (tertiary/aromatic N) is 7. The molecule has 0 unspecified atom stereocenters. The summed E-state index contributed by atoms with van der Waals surface area (Å²) in [5.74, 6) is 0.519. The van der Waals surface area contributed by atoms with E-state index in [1.165, 1.54) is 4.80 Å². The summed E-state index contributed by atoms with van der Waals surface area (Å²) < 4.78 is 5.33. The van der Waals surface area contributed by atoms with E-state index in [9.17, 15) is 9.59 Å². The van der Waals surface area contributed by atoms with Crippen LogP contribution in [0, 0.1) is 6.92 Å². The van der Waals surface area contributed by atoms with Crippen molar-refractivity contribution in [2.45, 2.75) is 13.3 Å². The van der Waals surface area contributed by atoms with Crippen molar-refractivity contribution in [3.8, 4) is 11.6 Å². The van der Waals surface area contributed by atoms with Crippen LogP contribution in [-0.4, -0.2) is 74.5 Å². The predicted octanol–water partition coefficient (Wildman–Crippen LogP) is 1.74. The second-order valence-corrected chi connectivity index (χ2v) is 8.58. The highest BCUT2D eigenvalue weighted by atomic mass is 16.5. The molecule has 184 valence electrons. The van der Waals surface area contributed by atoms with E-state index in [-0.39, 0.29) is 12.5 Å². The first-order chi connectivity index (χ1) is 17.5. The molecule has 36 heavy (non-hydrogen) atoms. The molecule has 1 aliphatic rings. The molecule has 0 atom stereocenters. The number of rotatable bonds is 6. The van der Waals surface area contributed by atoms with Gasteiger partial charge in [-0.05, 0) is 37.6 Å². The molecule has 11 nitrogen and oxygen atoms in total. The number of nitrogens with two attached hydrogens (primary N) is 1. The zero-order valence-electron chi connectivity index (χ0n) is 19.9. The lowest BCUT2D eigenvalue weighted by Crippen LogP contribution is -2.36. The van der Waals surface area contributed by atoms with Crippen molar-refractivity contribution in [2.24, 2.45) is 5.73 Å². The van der Waals surface area contributed by atoms with Gasteiger partial charge in [0.2, 0.25) is 5.88 Å². The van der Waals surface area contributed by atoms with Crippen LogP contribution in [0.1, 0.15) is 22.3 Å². The van der Waals surface area contributed by atoms with Crippen molar-refractivity contribution >= 4 is 28.5 Å². The van der Waals surface area contributed by atoms with Crippen LogP contribution < -0.4 is 15.4 Å². The fourth-order valence-corrected chi connectivity index (χ4v) is 4.34. The Kier molecular flexibility index (Phi) is 6.44. The van der Waals surface area contributed by atoms with Gasteiger partial charge in [-0.2, -0.15) is 15.0 Å². The molecule has 0 bridgehead atoms. The van der Waals surface area contributed by atoms with Gasteiger partial charge in [0.15, 0.2) is 6.61 Å². The Bertz CT molecular complexity index is 1410. The number of aryl methyl sites for hydroxylation is 1. The molecule has 2 amide bonds. The van der Waals surface area contributed by atoms with Crippen LogP contribution in [0.15, 0.2) is 55.0 Å². The number of pyridine rings is 2. The van der Waals surface area contributed by atoms with Gasteiger partial charge in [-0.15, -0.1) is 0 Å². The van der Waals surface area contributed by atoms with E-state index in [0.717, 1.165) is 29.7 Å². The Morgan fingerprint density at radius 1 is 1.00 bits per heavy atom. The zero-order valence-corrected chi connectivity index (χ0v) is 19.9. The maximum Gasteiger partial charge on any atom is 0.256 e. The topological polar surface area (TPSA) is 132 Å². The number of benzene rings is 1. The molecule has 3 aromatic heterocycles. The molecule has 1 aromatic carbocycles. The minimum absolute atomic E-state index is 0.0448. The summed E-state index contributed by atoms with van der Waals surface area (Å²) >= 11 is 0. The molecular formula is C25H26N8O3. The first kappa shape index (κ1) is 23.2. The average Bonchev–Trinajstić information content (AvgIpc) is 3.31. The lowest BCUT2D eigenvalue weighted by Gasteiger charge is -2.24. The Hall–Kier alpha value is -4.54. The summed E-state index contributed by atoms with van der Waals surface area (Å²) in [6.07, 6.45) is 5.68. The standard InChI is InChI=1S/C25H26N8O3/c1-17-3-5-21(33-28-9-10-29-33)19(15-17)25(35)32-12-2-11-31(13-14-32)24-18-4-6-23(36-16-22(26)34)30-20(18)7-8-27-24/h3-10,15H,2,11-14,16H2,1H3,(H2,26,34). The lowest BCUT2D eigenvalue weighted by atomic mass is 10.1. The number of hydrogen-bond donors (Lipinski definition) is 1. The molecule has 0 saturated carbocycles. The zero-order chi connectivity index (χ0) is 25.1. The smallest absolute Gasteiger partial charge is 0.256 e. The number of hydrogen-bond acceptors (Lipinski definition) is 8. The molecule has 1 saturated heterocycles. The van der Waals surface area contributed by atoms with Gasteiger partial charge in [-0.3, -0.25) is 9.59 Å². The van der Waals surface area contributed by atoms with E-state index in [4.69, 9.17) is 10.5 Å². The summed E-state index contributed by atoms with van der Waals surface area (Å²) in [6, 6.07) is 11.1. The van der Waals surface area contributed by atoms with E-state index >= 15 is 0 Å². The number of primary amides is 1. The van der Waals surface area contributed by atoms with Crippen LogP contribution in [0.2, 0.25) is 0 Å². The van der Waals surface area contributed by atoms with Gasteiger partial charge in [0.05, 0.1) is 29.2 Å². The van der Waals surface area contributed by atoms with Crippen LogP contribution in [0.4, 0.5) is 5.82 Å². The van der Waals surface area contributed by atoms with Crippen molar-refractivity contribution in [3.05, 3.63) is 66.1 Å². The summed E-state index contributed by atoms with van der Waals surface area (Å²) in [4.78, 5) is 39.2. The van der Waals surface area contributed by atoms with Crippen LogP contribution in [0.5, 0.6) is 5.88 Å². The predicted molar refractivity (Wildman–Crippen MR) is 133 cm³/mol. The largest absolute Gasteiger partial charge is 0.468 e. The van der Waals surface area contributed by atoms with Gasteiger partial charge in [-0.25, -0.2) is 9.97 Å². The van der Waals surface area contributed by atoms with E-state index in [1.807, 2.05) is 36.1 Å². The Balaban J connectivity index is 1.36. The normalized spacial score (nSPS) is 14.0. The quantitative estimate of drug-likeness (QED) is 0.436. The fraction of sp³-hybridized carbons (Fsp3) is 0.280. The van der Waals surface area contributed by atoms with Gasteiger partial charge in [-0.1, -0.05) is 11.6 Å². The lowest BCUT2D eigenvalue weighted by molar-refractivity contribution is -0.120. The highest BCUT2D eigenvalue weighted by Crippen LogP contribution is 2.27. The van der Waals surface area contributed by atoms with Crippen molar-refractivity contribution in [1.29, 1.82) is 0 Å². The van der Waals surface area contributed by atoms with Crippen LogP contribution in [0.25, 0.3) is 16.6 Å². The third-order valence-corrected chi connectivity index (χ3v) is 6.03. The van der Waals surface area contributed by atoms with E-state index in [2.05, 4.69) is 25.1 Å². The number of anilines is 1. The van der Waals surface area contributed by atoms with Crippen molar-refractivity contribution in [3.63, 3.8) is 0 Å². The molecule has 5 rings (SSSR count). The third kappa shape index (κ3) is 4.81. The molecule has 1 aliphatic heterocycles. The molecule has 11 heteroatoms. The average molecular weight is 487 g/mol. The van der Waals surface area contributed by atoms with Crippen molar-refractivity contribution < 1.29 is 14.3 Å². The number of ether oxygens (including phenoxy) is 1. The minimum Gasteiger partial charge on any atom is -0.468 e. The summed E-state index contributed by atoms with van der Waals surface area (Å²) in [7, 11) is 0. The summed E-state index contributed by atoms with van der Waals surface area (Å²) in [5, 5.41) is 9.29. The van der Waals surface area contributed by atoms with Crippen LogP contribution in [-0.2, 0) is 4.79 Å².